The number of aromatic nitrogens is 2. The summed E-state index contributed by atoms with van der Waals surface area (Å²) in [7, 11) is -3.66. The summed E-state index contributed by atoms with van der Waals surface area (Å²) in [5, 5.41) is 15.0. The van der Waals surface area contributed by atoms with E-state index in [-0.39, 0.29) is 29.2 Å². The summed E-state index contributed by atoms with van der Waals surface area (Å²) in [6.07, 6.45) is 3.15. The van der Waals surface area contributed by atoms with Gasteiger partial charge in [0.15, 0.2) is 5.03 Å². The summed E-state index contributed by atoms with van der Waals surface area (Å²) in [5.74, 6) is 0.195. The summed E-state index contributed by atoms with van der Waals surface area (Å²) in [4.78, 5) is 0. The fourth-order valence-corrected chi connectivity index (χ4v) is 3.52. The fourth-order valence-electron chi connectivity index (χ4n) is 2.31. The molecule has 1 aliphatic rings. The Morgan fingerprint density at radius 2 is 2.42 bits per heavy atom. The molecule has 1 aromatic heterocycles. The second-order valence-corrected chi connectivity index (χ2v) is 6.30. The molecule has 19 heavy (non-hydrogen) atoms. The van der Waals surface area contributed by atoms with Crippen LogP contribution in [0.15, 0.2) is 11.2 Å². The average Bonchev–Trinajstić information content (AvgIpc) is 3.04. The molecule has 3 N–H and O–H groups in total. The van der Waals surface area contributed by atoms with E-state index in [4.69, 9.17) is 9.84 Å². The van der Waals surface area contributed by atoms with Crippen LogP contribution in [0, 0.1) is 5.92 Å². The van der Waals surface area contributed by atoms with Crippen LogP contribution < -0.4 is 4.72 Å². The Kier molecular flexibility index (Phi) is 4.56. The van der Waals surface area contributed by atoms with Gasteiger partial charge >= 0.3 is 0 Å². The number of ether oxygens (including phenoxy) is 1. The molecule has 2 atom stereocenters. The van der Waals surface area contributed by atoms with E-state index in [1.165, 1.54) is 6.20 Å². The van der Waals surface area contributed by atoms with Gasteiger partial charge in [-0.15, -0.1) is 0 Å². The van der Waals surface area contributed by atoms with E-state index in [0.717, 1.165) is 12.8 Å². The first-order chi connectivity index (χ1) is 9.08. The zero-order valence-electron chi connectivity index (χ0n) is 10.8. The SMILES string of the molecule is CCC1OCCC1CNS(=O)(=O)c1[nH]ncc1CO. The van der Waals surface area contributed by atoms with Gasteiger partial charge in [-0.05, 0) is 12.8 Å². The molecule has 0 radical (unpaired) electrons. The fraction of sp³-hybridized carbons (Fsp3) is 0.727. The molecule has 0 bridgehead atoms. The highest BCUT2D eigenvalue weighted by molar-refractivity contribution is 7.89. The lowest BCUT2D eigenvalue weighted by atomic mass is 10.0. The van der Waals surface area contributed by atoms with Crippen LogP contribution in [0.25, 0.3) is 0 Å². The number of hydrogen-bond donors (Lipinski definition) is 3. The number of nitrogens with zero attached hydrogens (tertiary/aromatic N) is 1. The molecule has 108 valence electrons. The maximum atomic E-state index is 12.1. The van der Waals surface area contributed by atoms with Crippen molar-refractivity contribution in [3.8, 4) is 0 Å². The lowest BCUT2D eigenvalue weighted by Gasteiger charge is -2.17. The summed E-state index contributed by atoms with van der Waals surface area (Å²) in [6.45, 7) is 2.68. The molecule has 0 saturated carbocycles. The Morgan fingerprint density at radius 1 is 1.63 bits per heavy atom. The van der Waals surface area contributed by atoms with E-state index in [2.05, 4.69) is 14.9 Å². The van der Waals surface area contributed by atoms with Crippen LogP contribution in [0.4, 0.5) is 0 Å². The van der Waals surface area contributed by atoms with Crippen molar-refractivity contribution in [1.29, 1.82) is 0 Å². The monoisotopic (exact) mass is 289 g/mol. The van der Waals surface area contributed by atoms with Crippen molar-refractivity contribution in [2.45, 2.75) is 37.5 Å². The molecule has 0 amide bonds. The van der Waals surface area contributed by atoms with Crippen molar-refractivity contribution >= 4 is 10.0 Å². The first-order valence-electron chi connectivity index (χ1n) is 6.32. The van der Waals surface area contributed by atoms with Crippen molar-refractivity contribution in [2.24, 2.45) is 5.92 Å². The van der Waals surface area contributed by atoms with Gasteiger partial charge in [0.1, 0.15) is 0 Å². The molecule has 1 fully saturated rings. The Balaban J connectivity index is 2.02. The lowest BCUT2D eigenvalue weighted by Crippen LogP contribution is -2.33. The summed E-state index contributed by atoms with van der Waals surface area (Å²) in [6, 6.07) is 0. The zero-order chi connectivity index (χ0) is 13.9. The van der Waals surface area contributed by atoms with Gasteiger partial charge in [-0.3, -0.25) is 5.10 Å². The molecule has 0 aliphatic carbocycles. The topological polar surface area (TPSA) is 104 Å². The quantitative estimate of drug-likeness (QED) is 0.683. The van der Waals surface area contributed by atoms with E-state index < -0.39 is 10.0 Å². The van der Waals surface area contributed by atoms with Crippen molar-refractivity contribution in [1.82, 2.24) is 14.9 Å². The number of H-pyrrole nitrogens is 1. The maximum absolute atomic E-state index is 12.1. The molecular weight excluding hydrogens is 270 g/mol. The van der Waals surface area contributed by atoms with E-state index in [9.17, 15) is 8.42 Å². The van der Waals surface area contributed by atoms with Crippen LogP contribution >= 0.6 is 0 Å². The van der Waals surface area contributed by atoms with Gasteiger partial charge in [0.2, 0.25) is 0 Å². The number of rotatable bonds is 6. The van der Waals surface area contributed by atoms with Crippen LogP contribution in [0.3, 0.4) is 0 Å². The Morgan fingerprint density at radius 3 is 3.11 bits per heavy atom. The smallest absolute Gasteiger partial charge is 0.257 e. The minimum atomic E-state index is -3.66. The molecule has 2 heterocycles. The first kappa shape index (κ1) is 14.4. The molecule has 2 rings (SSSR count). The predicted molar refractivity (Wildman–Crippen MR) is 67.8 cm³/mol. The maximum Gasteiger partial charge on any atom is 0.257 e. The van der Waals surface area contributed by atoms with Crippen LogP contribution in [0.5, 0.6) is 0 Å². The molecule has 8 heteroatoms. The van der Waals surface area contributed by atoms with Crippen molar-refractivity contribution in [3.63, 3.8) is 0 Å². The average molecular weight is 289 g/mol. The number of aliphatic hydroxyl groups is 1. The second-order valence-electron chi connectivity index (χ2n) is 4.60. The molecule has 1 aliphatic heterocycles. The molecule has 2 unspecified atom stereocenters. The minimum Gasteiger partial charge on any atom is -0.392 e. The van der Waals surface area contributed by atoms with Crippen LogP contribution in [0.2, 0.25) is 0 Å². The third-order valence-corrected chi connectivity index (χ3v) is 4.84. The Bertz CT molecular complexity index is 514. The number of aliphatic hydroxyl groups excluding tert-OH is 1. The molecule has 1 aromatic rings. The highest BCUT2D eigenvalue weighted by atomic mass is 32.2. The van der Waals surface area contributed by atoms with Gasteiger partial charge in [-0.25, -0.2) is 13.1 Å². The van der Waals surface area contributed by atoms with Gasteiger partial charge in [-0.2, -0.15) is 5.10 Å². The van der Waals surface area contributed by atoms with Gasteiger partial charge in [0, 0.05) is 24.6 Å². The largest absolute Gasteiger partial charge is 0.392 e. The van der Waals surface area contributed by atoms with Crippen LogP contribution in [0.1, 0.15) is 25.3 Å². The second kappa shape index (κ2) is 6.00. The zero-order valence-corrected chi connectivity index (χ0v) is 11.6. The Labute approximate surface area is 112 Å². The van der Waals surface area contributed by atoms with Gasteiger partial charge < -0.3 is 9.84 Å². The minimum absolute atomic E-state index is 0.0676. The number of sulfonamides is 1. The third kappa shape index (κ3) is 3.14. The van der Waals surface area contributed by atoms with Crippen molar-refractivity contribution in [3.05, 3.63) is 11.8 Å². The number of hydrogen-bond acceptors (Lipinski definition) is 5. The normalized spacial score (nSPS) is 23.9. The Hall–Kier alpha value is -0.960. The lowest BCUT2D eigenvalue weighted by molar-refractivity contribution is 0.0884. The highest BCUT2D eigenvalue weighted by Gasteiger charge is 2.29. The van der Waals surface area contributed by atoms with E-state index in [1.807, 2.05) is 6.92 Å². The third-order valence-electron chi connectivity index (χ3n) is 3.40. The van der Waals surface area contributed by atoms with Gasteiger partial charge in [0.25, 0.3) is 10.0 Å². The highest BCUT2D eigenvalue weighted by Crippen LogP contribution is 2.23. The van der Waals surface area contributed by atoms with Crippen molar-refractivity contribution < 1.29 is 18.3 Å². The molecule has 1 saturated heterocycles. The summed E-state index contributed by atoms with van der Waals surface area (Å²) in [5.41, 5.74) is 0.266. The molecule has 0 spiro atoms. The standard InChI is InChI=1S/C11H19N3O4S/c1-2-10-8(3-4-18-10)6-13-19(16,17)11-9(7-15)5-12-14-11/h5,8,10,13,15H,2-4,6-7H2,1H3,(H,12,14). The van der Waals surface area contributed by atoms with E-state index >= 15 is 0 Å². The molecule has 0 aromatic carbocycles. The number of nitrogens with one attached hydrogen (secondary N) is 2. The first-order valence-corrected chi connectivity index (χ1v) is 7.81. The molecular formula is C11H19N3O4S. The van der Waals surface area contributed by atoms with Crippen LogP contribution in [-0.2, 0) is 21.4 Å². The van der Waals surface area contributed by atoms with E-state index in [1.54, 1.807) is 0 Å². The number of aromatic amines is 1. The summed E-state index contributed by atoms with van der Waals surface area (Å²) < 4.78 is 32.3. The van der Waals surface area contributed by atoms with Crippen LogP contribution in [-0.4, -0.2) is 43.0 Å². The predicted octanol–water partition coefficient (Wildman–Crippen LogP) is -0.00460. The van der Waals surface area contributed by atoms with E-state index in [0.29, 0.717) is 13.2 Å². The van der Waals surface area contributed by atoms with Gasteiger partial charge in [0.05, 0.1) is 18.9 Å². The van der Waals surface area contributed by atoms with Crippen molar-refractivity contribution in [2.75, 3.05) is 13.2 Å². The summed E-state index contributed by atoms with van der Waals surface area (Å²) >= 11 is 0. The molecule has 7 nitrogen and oxygen atoms in total. The van der Waals surface area contributed by atoms with Gasteiger partial charge in [-0.1, -0.05) is 6.92 Å².